The highest BCUT2D eigenvalue weighted by atomic mass is 16.2. The number of nitrogens with one attached hydrogen (secondary N) is 2. The SMILES string of the molecule is NC(=O)CNC(=O)Cc1ccn[nH]1. The molecule has 0 spiro atoms. The van der Waals surface area contributed by atoms with E-state index >= 15 is 0 Å². The van der Waals surface area contributed by atoms with E-state index in [2.05, 4.69) is 15.5 Å². The van der Waals surface area contributed by atoms with Gasteiger partial charge in [-0.3, -0.25) is 14.7 Å². The third-order valence-corrected chi connectivity index (χ3v) is 1.37. The normalized spacial score (nSPS) is 9.54. The van der Waals surface area contributed by atoms with E-state index in [4.69, 9.17) is 5.73 Å². The number of aromatic nitrogens is 2. The first-order valence-electron chi connectivity index (χ1n) is 3.71. The van der Waals surface area contributed by atoms with Crippen LogP contribution in [-0.4, -0.2) is 28.6 Å². The van der Waals surface area contributed by atoms with Crippen LogP contribution in [0, 0.1) is 0 Å². The van der Waals surface area contributed by atoms with E-state index < -0.39 is 5.91 Å². The first-order chi connectivity index (χ1) is 6.18. The van der Waals surface area contributed by atoms with Crippen LogP contribution >= 0.6 is 0 Å². The molecule has 0 bridgehead atoms. The zero-order chi connectivity index (χ0) is 9.68. The van der Waals surface area contributed by atoms with Crippen LogP contribution in [0.4, 0.5) is 0 Å². The number of carbonyl (C=O) groups is 2. The summed E-state index contributed by atoms with van der Waals surface area (Å²) in [6.45, 7) is -0.132. The Balaban J connectivity index is 2.30. The summed E-state index contributed by atoms with van der Waals surface area (Å²) in [5, 5.41) is 8.66. The Morgan fingerprint density at radius 2 is 2.38 bits per heavy atom. The van der Waals surface area contributed by atoms with Gasteiger partial charge < -0.3 is 11.1 Å². The quantitative estimate of drug-likeness (QED) is 0.531. The lowest BCUT2D eigenvalue weighted by Gasteiger charge is -1.99. The van der Waals surface area contributed by atoms with Gasteiger partial charge in [0.15, 0.2) is 0 Å². The molecule has 0 radical (unpaired) electrons. The van der Waals surface area contributed by atoms with E-state index in [0.717, 1.165) is 0 Å². The van der Waals surface area contributed by atoms with Crippen molar-refractivity contribution in [1.82, 2.24) is 15.5 Å². The lowest BCUT2D eigenvalue weighted by Crippen LogP contribution is -2.34. The van der Waals surface area contributed by atoms with Crippen LogP contribution in [0.5, 0.6) is 0 Å². The summed E-state index contributed by atoms with van der Waals surface area (Å²) in [5.74, 6) is -0.819. The summed E-state index contributed by atoms with van der Waals surface area (Å²) in [5.41, 5.74) is 5.54. The average Bonchev–Trinajstić information content (AvgIpc) is 2.53. The van der Waals surface area contributed by atoms with Gasteiger partial charge in [-0.2, -0.15) is 5.10 Å². The van der Waals surface area contributed by atoms with Crippen molar-refractivity contribution < 1.29 is 9.59 Å². The van der Waals surface area contributed by atoms with Crippen LogP contribution in [0.1, 0.15) is 5.69 Å². The number of H-pyrrole nitrogens is 1. The lowest BCUT2D eigenvalue weighted by atomic mass is 10.3. The molecule has 0 atom stereocenters. The lowest BCUT2D eigenvalue weighted by molar-refractivity contribution is -0.124. The summed E-state index contributed by atoms with van der Waals surface area (Å²) in [6, 6.07) is 1.68. The monoisotopic (exact) mass is 182 g/mol. The molecule has 1 aromatic heterocycles. The molecule has 0 aliphatic heterocycles. The summed E-state index contributed by atoms with van der Waals surface area (Å²) >= 11 is 0. The van der Waals surface area contributed by atoms with E-state index in [0.29, 0.717) is 5.69 Å². The molecule has 0 saturated carbocycles. The molecule has 4 N–H and O–H groups in total. The van der Waals surface area contributed by atoms with Crippen LogP contribution in [0.25, 0.3) is 0 Å². The molecule has 1 aromatic rings. The molecule has 1 heterocycles. The third kappa shape index (κ3) is 3.37. The second kappa shape index (κ2) is 4.24. The van der Waals surface area contributed by atoms with Gasteiger partial charge >= 0.3 is 0 Å². The van der Waals surface area contributed by atoms with Gasteiger partial charge in [-0.05, 0) is 6.07 Å². The van der Waals surface area contributed by atoms with Crippen LogP contribution < -0.4 is 11.1 Å². The van der Waals surface area contributed by atoms with Gasteiger partial charge in [-0.1, -0.05) is 0 Å². The Morgan fingerprint density at radius 1 is 1.62 bits per heavy atom. The minimum atomic E-state index is -0.557. The number of primary amides is 1. The standard InChI is InChI=1S/C7H10N4O2/c8-6(12)4-9-7(13)3-5-1-2-10-11-5/h1-2H,3-4H2,(H2,8,12)(H,9,13)(H,10,11). The molecule has 0 aromatic carbocycles. The van der Waals surface area contributed by atoms with Crippen molar-refractivity contribution in [3.63, 3.8) is 0 Å². The fourth-order valence-electron chi connectivity index (χ4n) is 0.804. The Bertz CT molecular complexity index is 293. The molecular formula is C7H10N4O2. The predicted octanol–water partition coefficient (Wildman–Crippen LogP) is -1.45. The van der Waals surface area contributed by atoms with Gasteiger partial charge in [0.1, 0.15) is 0 Å². The van der Waals surface area contributed by atoms with Crippen molar-refractivity contribution in [1.29, 1.82) is 0 Å². The minimum absolute atomic E-state index is 0.132. The molecule has 1 rings (SSSR count). The highest BCUT2D eigenvalue weighted by molar-refractivity contribution is 5.84. The number of hydrogen-bond acceptors (Lipinski definition) is 3. The fourth-order valence-corrected chi connectivity index (χ4v) is 0.804. The summed E-state index contributed by atoms with van der Waals surface area (Å²) in [6.07, 6.45) is 1.73. The van der Waals surface area contributed by atoms with Crippen LogP contribution in [0.3, 0.4) is 0 Å². The Labute approximate surface area is 74.5 Å². The van der Waals surface area contributed by atoms with Gasteiger partial charge in [0.05, 0.1) is 13.0 Å². The average molecular weight is 182 g/mol. The fraction of sp³-hybridized carbons (Fsp3) is 0.286. The molecule has 0 aliphatic rings. The van der Waals surface area contributed by atoms with Crippen LogP contribution in [-0.2, 0) is 16.0 Å². The molecule has 0 saturated heterocycles. The molecule has 6 nitrogen and oxygen atoms in total. The summed E-state index contributed by atoms with van der Waals surface area (Å²) in [4.78, 5) is 21.3. The van der Waals surface area contributed by atoms with Crippen molar-refractivity contribution >= 4 is 11.8 Å². The van der Waals surface area contributed by atoms with E-state index in [1.54, 1.807) is 12.3 Å². The summed E-state index contributed by atoms with van der Waals surface area (Å²) < 4.78 is 0. The number of aromatic amines is 1. The van der Waals surface area contributed by atoms with E-state index in [1.165, 1.54) is 0 Å². The first-order valence-corrected chi connectivity index (χ1v) is 3.71. The van der Waals surface area contributed by atoms with Gasteiger partial charge in [-0.15, -0.1) is 0 Å². The second-order valence-corrected chi connectivity index (χ2v) is 2.50. The molecule has 13 heavy (non-hydrogen) atoms. The Kier molecular flexibility index (Phi) is 3.02. The smallest absolute Gasteiger partial charge is 0.236 e. The molecule has 0 fully saturated rings. The maximum Gasteiger partial charge on any atom is 0.236 e. The van der Waals surface area contributed by atoms with Crippen molar-refractivity contribution in [3.8, 4) is 0 Å². The largest absolute Gasteiger partial charge is 0.368 e. The van der Waals surface area contributed by atoms with Crippen LogP contribution in [0.2, 0.25) is 0 Å². The predicted molar refractivity (Wildman–Crippen MR) is 44.5 cm³/mol. The molecule has 2 amide bonds. The number of amides is 2. The number of hydrogen-bond donors (Lipinski definition) is 3. The number of nitrogens with two attached hydrogens (primary N) is 1. The Hall–Kier alpha value is -1.85. The highest BCUT2D eigenvalue weighted by Crippen LogP contribution is 1.91. The van der Waals surface area contributed by atoms with Gasteiger partial charge in [0.2, 0.25) is 11.8 Å². The van der Waals surface area contributed by atoms with Crippen LogP contribution in [0.15, 0.2) is 12.3 Å². The van der Waals surface area contributed by atoms with E-state index in [-0.39, 0.29) is 18.9 Å². The van der Waals surface area contributed by atoms with E-state index in [1.807, 2.05) is 0 Å². The van der Waals surface area contributed by atoms with Crippen molar-refractivity contribution in [2.24, 2.45) is 5.73 Å². The summed E-state index contributed by atoms with van der Waals surface area (Å²) in [7, 11) is 0. The third-order valence-electron chi connectivity index (χ3n) is 1.37. The topological polar surface area (TPSA) is 101 Å². The van der Waals surface area contributed by atoms with E-state index in [9.17, 15) is 9.59 Å². The molecule has 0 unspecified atom stereocenters. The van der Waals surface area contributed by atoms with Gasteiger partial charge in [0.25, 0.3) is 0 Å². The maximum atomic E-state index is 11.0. The number of rotatable bonds is 4. The van der Waals surface area contributed by atoms with Crippen molar-refractivity contribution in [3.05, 3.63) is 18.0 Å². The maximum absolute atomic E-state index is 11.0. The molecular weight excluding hydrogens is 172 g/mol. The zero-order valence-corrected chi connectivity index (χ0v) is 6.91. The number of carbonyl (C=O) groups excluding carboxylic acids is 2. The van der Waals surface area contributed by atoms with Gasteiger partial charge in [0, 0.05) is 11.9 Å². The Morgan fingerprint density at radius 3 is 2.92 bits per heavy atom. The molecule has 70 valence electrons. The zero-order valence-electron chi connectivity index (χ0n) is 6.91. The molecule has 0 aliphatic carbocycles. The van der Waals surface area contributed by atoms with Gasteiger partial charge in [-0.25, -0.2) is 0 Å². The van der Waals surface area contributed by atoms with Crippen molar-refractivity contribution in [2.75, 3.05) is 6.54 Å². The highest BCUT2D eigenvalue weighted by Gasteiger charge is 2.04. The molecule has 6 heteroatoms. The number of nitrogens with zero attached hydrogens (tertiary/aromatic N) is 1. The first kappa shape index (κ1) is 9.24. The minimum Gasteiger partial charge on any atom is -0.368 e. The second-order valence-electron chi connectivity index (χ2n) is 2.50. The van der Waals surface area contributed by atoms with Crippen molar-refractivity contribution in [2.45, 2.75) is 6.42 Å².